The van der Waals surface area contributed by atoms with E-state index in [0.717, 1.165) is 11.1 Å². The van der Waals surface area contributed by atoms with Crippen LogP contribution < -0.4 is 18.9 Å². The highest BCUT2D eigenvalue weighted by Gasteiger charge is 2.44. The maximum Gasteiger partial charge on any atom is 0.162 e. The second kappa shape index (κ2) is 23.2. The summed E-state index contributed by atoms with van der Waals surface area (Å²) in [7, 11) is 0. The maximum absolute atomic E-state index is 13.7. The number of hydrogen-bond acceptors (Lipinski definition) is 9. The van der Waals surface area contributed by atoms with E-state index in [2.05, 4.69) is 129 Å². The Bertz CT molecular complexity index is 1820. The predicted molar refractivity (Wildman–Crippen MR) is 267 cm³/mol. The van der Waals surface area contributed by atoms with Crippen molar-refractivity contribution >= 4 is 0 Å². The first-order chi connectivity index (χ1) is 31.9. The van der Waals surface area contributed by atoms with E-state index in [1.54, 1.807) is 5.06 Å². The van der Waals surface area contributed by atoms with Crippen molar-refractivity contribution in [3.8, 4) is 34.1 Å². The largest absolute Gasteiger partial charge is 0.490 e. The molecule has 6 rings (SSSR count). The van der Waals surface area contributed by atoms with Gasteiger partial charge < -0.3 is 24.2 Å². The van der Waals surface area contributed by atoms with Gasteiger partial charge in [0.25, 0.3) is 0 Å². The van der Waals surface area contributed by atoms with E-state index in [4.69, 9.17) is 18.9 Å². The number of hydroxylamine groups is 8. The molecule has 0 spiro atoms. The van der Waals surface area contributed by atoms with Crippen molar-refractivity contribution in [1.29, 1.82) is 0 Å². The summed E-state index contributed by atoms with van der Waals surface area (Å²) in [5.74, 6) is 4.12. The molecule has 383 valence electrons. The fourth-order valence-corrected chi connectivity index (χ4v) is 11.8. The fourth-order valence-electron chi connectivity index (χ4n) is 11.8. The standard InChI is InChI=1S/C56H91N4O8/c1-31(2)46-22-41(23-47(32(3)4)57(46)61)65-40-18-19-45(55(30-40)67-43-26-50(35(9)10)59(63)51(27-43)36(11)12)39-17-20-54(66-42-24-48(33(5)6)58(62)49(25-42)34(7)8)56(21-39)68-44-28-52(37(13)14)60(64)53(29-44)38(15)16/h17-21,30-38,41-44,46-53,62H,22-29H2,1-16H3. The number of nitrogens with zero attached hydrogens (tertiary/aromatic N) is 4. The van der Waals surface area contributed by atoms with Gasteiger partial charge >= 0.3 is 0 Å². The average molecular weight is 948 g/mol. The lowest BCUT2D eigenvalue weighted by Crippen LogP contribution is -2.54. The lowest BCUT2D eigenvalue weighted by molar-refractivity contribution is -0.256. The van der Waals surface area contributed by atoms with Crippen molar-refractivity contribution in [1.82, 2.24) is 20.3 Å². The lowest BCUT2D eigenvalue weighted by Gasteiger charge is -2.45. The molecule has 4 heterocycles. The van der Waals surface area contributed by atoms with Gasteiger partial charge in [0.15, 0.2) is 11.5 Å². The molecule has 4 saturated heterocycles. The summed E-state index contributed by atoms with van der Waals surface area (Å²) in [6.07, 6.45) is 4.38. The van der Waals surface area contributed by atoms with Crippen LogP contribution >= 0.6 is 0 Å². The molecule has 4 aliphatic heterocycles. The molecule has 8 unspecified atom stereocenters. The molecule has 12 nitrogen and oxygen atoms in total. The van der Waals surface area contributed by atoms with Crippen LogP contribution in [0, 0.1) is 47.3 Å². The zero-order valence-corrected chi connectivity index (χ0v) is 44.8. The lowest BCUT2D eigenvalue weighted by atomic mass is 9.84. The Labute approximate surface area is 411 Å². The SMILES string of the molecule is CC(C)C1CC(Oc2ccc(-c3ccc(OC4CC(C(C)C)N(O)C(C(C)C)C4)c(OC4CC(C(C)C)N([O])C(C(C)C)C4)c3)c(OC3CC(C(C)C)N([O])C(C(C)C)C3)c2)CC(C(C)C)N1[O]. The number of hydrogen-bond donors (Lipinski definition) is 1. The molecule has 68 heavy (non-hydrogen) atoms. The van der Waals surface area contributed by atoms with Crippen LogP contribution in [0.3, 0.4) is 0 Å². The first-order valence-electron chi connectivity index (χ1n) is 26.7. The minimum Gasteiger partial charge on any atom is -0.490 e. The minimum atomic E-state index is -0.210. The Balaban J connectivity index is 1.43. The Morgan fingerprint density at radius 3 is 1.04 bits per heavy atom. The van der Waals surface area contributed by atoms with Crippen molar-refractivity contribution in [2.75, 3.05) is 0 Å². The summed E-state index contributed by atoms with van der Waals surface area (Å²) in [5, 5.41) is 57.9. The molecule has 8 atom stereocenters. The van der Waals surface area contributed by atoms with Crippen molar-refractivity contribution in [2.45, 2.75) is 235 Å². The zero-order valence-electron chi connectivity index (χ0n) is 44.8. The fraction of sp³-hybridized carbons (Fsp3) is 0.786. The quantitative estimate of drug-likeness (QED) is 0.165. The van der Waals surface area contributed by atoms with Gasteiger partial charge in [0, 0.05) is 111 Å². The van der Waals surface area contributed by atoms with E-state index >= 15 is 0 Å². The molecule has 2 aromatic rings. The topological polar surface area (TPSA) is 130 Å². The monoisotopic (exact) mass is 948 g/mol. The van der Waals surface area contributed by atoms with Crippen LogP contribution in [0.2, 0.25) is 0 Å². The summed E-state index contributed by atoms with van der Waals surface area (Å²) >= 11 is 0. The number of ether oxygens (including phenoxy) is 4. The van der Waals surface area contributed by atoms with Crippen LogP contribution in [0.4, 0.5) is 0 Å². The Hall–Kier alpha value is -2.68. The van der Waals surface area contributed by atoms with Crippen LogP contribution in [-0.2, 0) is 15.6 Å². The Morgan fingerprint density at radius 1 is 0.382 bits per heavy atom. The third-order valence-corrected chi connectivity index (χ3v) is 16.2. The molecule has 3 radical (unpaired) electrons. The number of benzene rings is 2. The highest BCUT2D eigenvalue weighted by molar-refractivity contribution is 5.74. The molecule has 4 aliphatic rings. The highest BCUT2D eigenvalue weighted by atomic mass is 16.5. The van der Waals surface area contributed by atoms with E-state index in [1.807, 2.05) is 18.2 Å². The normalized spacial score (nSPS) is 31.9. The molecule has 0 aromatic heterocycles. The van der Waals surface area contributed by atoms with E-state index in [-0.39, 0.29) is 120 Å². The molecule has 4 fully saturated rings. The molecule has 12 heteroatoms. The van der Waals surface area contributed by atoms with Crippen LogP contribution in [0.5, 0.6) is 23.0 Å². The summed E-state index contributed by atoms with van der Waals surface area (Å²) in [5.41, 5.74) is 1.76. The number of rotatable bonds is 17. The van der Waals surface area contributed by atoms with Gasteiger partial charge in [-0.05, 0) is 77.2 Å². The van der Waals surface area contributed by atoms with Crippen molar-refractivity contribution in [2.24, 2.45) is 47.3 Å². The third-order valence-electron chi connectivity index (χ3n) is 16.2. The van der Waals surface area contributed by atoms with E-state index in [9.17, 15) is 20.8 Å². The second-order valence-electron chi connectivity index (χ2n) is 24.1. The molecule has 1 N–H and O–H groups in total. The Kier molecular flexibility index (Phi) is 18.7. The van der Waals surface area contributed by atoms with Crippen LogP contribution in [0.15, 0.2) is 36.4 Å². The molecule has 0 amide bonds. The molecular formula is C56H91N4O8. The van der Waals surface area contributed by atoms with Crippen molar-refractivity contribution in [3.05, 3.63) is 36.4 Å². The summed E-state index contributed by atoms with van der Waals surface area (Å²) in [4.78, 5) is 0. The first kappa shape index (κ1) is 54.6. The van der Waals surface area contributed by atoms with Gasteiger partial charge in [0.2, 0.25) is 0 Å². The second-order valence-corrected chi connectivity index (χ2v) is 24.1. The maximum atomic E-state index is 13.7. The number of piperidine rings is 4. The minimum absolute atomic E-state index is 0.0512. The highest BCUT2D eigenvalue weighted by Crippen LogP contribution is 2.45. The first-order valence-corrected chi connectivity index (χ1v) is 26.7. The van der Waals surface area contributed by atoms with Crippen LogP contribution in [0.25, 0.3) is 11.1 Å². The van der Waals surface area contributed by atoms with Crippen LogP contribution in [-0.4, -0.2) is 98.2 Å². The zero-order chi connectivity index (χ0) is 50.0. The van der Waals surface area contributed by atoms with E-state index < -0.39 is 0 Å². The molecule has 0 saturated carbocycles. The van der Waals surface area contributed by atoms with Crippen LogP contribution in [0.1, 0.15) is 162 Å². The molecule has 2 aromatic carbocycles. The summed E-state index contributed by atoms with van der Waals surface area (Å²) in [6, 6.07) is 11.2. The van der Waals surface area contributed by atoms with Crippen molar-refractivity contribution < 1.29 is 39.8 Å². The summed E-state index contributed by atoms with van der Waals surface area (Å²) < 4.78 is 28.3. The predicted octanol–water partition coefficient (Wildman–Crippen LogP) is 12.3. The molecule has 0 bridgehead atoms. The van der Waals surface area contributed by atoms with Gasteiger partial charge in [-0.3, -0.25) is 0 Å². The van der Waals surface area contributed by atoms with Gasteiger partial charge in [0.1, 0.15) is 35.9 Å². The third kappa shape index (κ3) is 12.7. The van der Waals surface area contributed by atoms with Gasteiger partial charge in [-0.2, -0.15) is 5.06 Å². The van der Waals surface area contributed by atoms with Gasteiger partial charge in [-0.25, -0.2) is 0 Å². The Morgan fingerprint density at radius 2 is 0.691 bits per heavy atom. The van der Waals surface area contributed by atoms with E-state index in [0.29, 0.717) is 74.4 Å². The molecular weight excluding hydrogens is 857 g/mol. The van der Waals surface area contributed by atoms with Crippen molar-refractivity contribution in [3.63, 3.8) is 0 Å². The van der Waals surface area contributed by atoms with Gasteiger partial charge in [-0.15, -0.1) is 30.8 Å². The van der Waals surface area contributed by atoms with Gasteiger partial charge in [0.05, 0.1) is 0 Å². The average Bonchev–Trinajstić information content (AvgIpc) is 3.25. The van der Waals surface area contributed by atoms with E-state index in [1.165, 1.54) is 15.2 Å². The summed E-state index contributed by atoms with van der Waals surface area (Å²) in [6.45, 7) is 34.0. The molecule has 0 aliphatic carbocycles. The smallest absolute Gasteiger partial charge is 0.162 e. The van der Waals surface area contributed by atoms with Gasteiger partial charge in [-0.1, -0.05) is 117 Å².